The van der Waals surface area contributed by atoms with Gasteiger partial charge in [0.25, 0.3) is 0 Å². The van der Waals surface area contributed by atoms with Crippen molar-refractivity contribution >= 4 is 5.69 Å². The number of hydrogen-bond donors (Lipinski definition) is 1. The van der Waals surface area contributed by atoms with Crippen molar-refractivity contribution in [3.63, 3.8) is 0 Å². The van der Waals surface area contributed by atoms with Crippen LogP contribution in [0.25, 0.3) is 0 Å². The lowest BCUT2D eigenvalue weighted by Crippen LogP contribution is -2.19. The Kier molecular flexibility index (Phi) is 3.07. The Morgan fingerprint density at radius 2 is 2.38 bits per heavy atom. The first-order valence-corrected chi connectivity index (χ1v) is 5.25. The molecule has 1 heterocycles. The van der Waals surface area contributed by atoms with Crippen molar-refractivity contribution in [1.82, 2.24) is 0 Å². The van der Waals surface area contributed by atoms with Crippen LogP contribution in [0.1, 0.15) is 17.5 Å². The number of nitrogens with zero attached hydrogens (tertiary/aromatic N) is 1. The van der Waals surface area contributed by atoms with E-state index in [4.69, 9.17) is 10.00 Å². The molecule has 1 N–H and O–H groups in total. The second-order valence-corrected chi connectivity index (χ2v) is 3.95. The quantitative estimate of drug-likeness (QED) is 0.831. The number of hydrogen-bond acceptors (Lipinski definition) is 3. The minimum Gasteiger partial charge on any atom is -0.380 e. The molecule has 1 atom stereocenters. The van der Waals surface area contributed by atoms with Crippen LogP contribution < -0.4 is 5.32 Å². The van der Waals surface area contributed by atoms with Gasteiger partial charge in [-0.05, 0) is 25.5 Å². The molecule has 0 radical (unpaired) electrons. The molecule has 3 nitrogen and oxygen atoms in total. The van der Waals surface area contributed by atoms with E-state index < -0.39 is 0 Å². The molecule has 0 aliphatic carbocycles. The molecule has 1 fully saturated rings. The topological polar surface area (TPSA) is 45.0 Å². The van der Waals surface area contributed by atoms with Crippen LogP contribution in [0, 0.1) is 24.1 Å². The predicted molar refractivity (Wildman–Crippen MR) is 58.7 cm³/mol. The van der Waals surface area contributed by atoms with Gasteiger partial charge in [0.05, 0.1) is 24.3 Å². The summed E-state index contributed by atoms with van der Waals surface area (Å²) in [6, 6.07) is 5.10. The molecule has 16 heavy (non-hydrogen) atoms. The normalized spacial score (nSPS) is 19.4. The summed E-state index contributed by atoms with van der Waals surface area (Å²) < 4.78 is 18.7. The maximum Gasteiger partial charge on any atom is 0.129 e. The van der Waals surface area contributed by atoms with Crippen molar-refractivity contribution in [3.8, 4) is 6.07 Å². The molecule has 1 aliphatic heterocycles. The van der Waals surface area contributed by atoms with Gasteiger partial charge in [-0.15, -0.1) is 0 Å². The lowest BCUT2D eigenvalue weighted by atomic mass is 10.1. The molecule has 84 valence electrons. The van der Waals surface area contributed by atoms with Gasteiger partial charge in [-0.1, -0.05) is 0 Å². The molecule has 0 aromatic heterocycles. The van der Waals surface area contributed by atoms with Crippen molar-refractivity contribution in [2.24, 2.45) is 0 Å². The van der Waals surface area contributed by atoms with E-state index in [-0.39, 0.29) is 11.9 Å². The van der Waals surface area contributed by atoms with E-state index in [9.17, 15) is 4.39 Å². The SMILES string of the molecule is Cc1c(F)cc(C#N)cc1NC1CCOC1. The van der Waals surface area contributed by atoms with Crippen LogP contribution in [-0.2, 0) is 4.74 Å². The zero-order valence-corrected chi connectivity index (χ0v) is 9.09. The Morgan fingerprint density at radius 3 is 3.00 bits per heavy atom. The van der Waals surface area contributed by atoms with Crippen LogP contribution in [0.15, 0.2) is 12.1 Å². The van der Waals surface area contributed by atoms with Crippen molar-refractivity contribution in [3.05, 3.63) is 29.1 Å². The van der Waals surface area contributed by atoms with E-state index >= 15 is 0 Å². The van der Waals surface area contributed by atoms with Crippen molar-refractivity contribution < 1.29 is 9.13 Å². The summed E-state index contributed by atoms with van der Waals surface area (Å²) in [5, 5.41) is 12.0. The van der Waals surface area contributed by atoms with Gasteiger partial charge in [0.1, 0.15) is 5.82 Å². The Bertz CT molecular complexity index is 433. The third kappa shape index (κ3) is 2.15. The number of benzene rings is 1. The molecule has 4 heteroatoms. The minimum atomic E-state index is -0.347. The van der Waals surface area contributed by atoms with Crippen molar-refractivity contribution in [2.45, 2.75) is 19.4 Å². The molecular formula is C12H13FN2O. The molecule has 1 aliphatic rings. The van der Waals surface area contributed by atoms with Crippen LogP contribution >= 0.6 is 0 Å². The van der Waals surface area contributed by atoms with E-state index in [0.717, 1.165) is 13.0 Å². The van der Waals surface area contributed by atoms with Gasteiger partial charge in [0.15, 0.2) is 0 Å². The first-order chi connectivity index (χ1) is 7.70. The molecule has 1 aromatic rings. The molecular weight excluding hydrogens is 207 g/mol. The highest BCUT2D eigenvalue weighted by Crippen LogP contribution is 2.22. The minimum absolute atomic E-state index is 0.215. The zero-order chi connectivity index (χ0) is 11.5. The van der Waals surface area contributed by atoms with Crippen molar-refractivity contribution in [2.75, 3.05) is 18.5 Å². The highest BCUT2D eigenvalue weighted by Gasteiger charge is 2.17. The lowest BCUT2D eigenvalue weighted by molar-refractivity contribution is 0.195. The van der Waals surface area contributed by atoms with Crippen LogP contribution in [0.4, 0.5) is 10.1 Å². The van der Waals surface area contributed by atoms with Crippen LogP contribution in [0.5, 0.6) is 0 Å². The molecule has 0 bridgehead atoms. The van der Waals surface area contributed by atoms with Crippen LogP contribution in [0.3, 0.4) is 0 Å². The number of anilines is 1. The molecule has 0 spiro atoms. The van der Waals surface area contributed by atoms with Gasteiger partial charge in [-0.25, -0.2) is 4.39 Å². The summed E-state index contributed by atoms with van der Waals surface area (Å²) in [5.41, 5.74) is 1.57. The fraction of sp³-hybridized carbons (Fsp3) is 0.417. The fourth-order valence-corrected chi connectivity index (χ4v) is 1.76. The third-order valence-corrected chi connectivity index (χ3v) is 2.76. The van der Waals surface area contributed by atoms with Gasteiger partial charge in [0.2, 0.25) is 0 Å². The second kappa shape index (κ2) is 4.50. The lowest BCUT2D eigenvalue weighted by Gasteiger charge is -2.15. The largest absolute Gasteiger partial charge is 0.380 e. The summed E-state index contributed by atoms with van der Waals surface area (Å²) in [6.07, 6.45) is 0.915. The second-order valence-electron chi connectivity index (χ2n) is 3.95. The average molecular weight is 220 g/mol. The van der Waals surface area contributed by atoms with E-state index in [1.165, 1.54) is 6.07 Å². The Hall–Kier alpha value is -1.60. The highest BCUT2D eigenvalue weighted by molar-refractivity contribution is 5.56. The maximum atomic E-state index is 13.5. The first-order valence-electron chi connectivity index (χ1n) is 5.25. The molecule has 1 unspecified atom stereocenters. The molecule has 0 saturated carbocycles. The van der Waals surface area contributed by atoms with Gasteiger partial charge in [-0.2, -0.15) is 5.26 Å². The van der Waals surface area contributed by atoms with Gasteiger partial charge in [-0.3, -0.25) is 0 Å². The smallest absolute Gasteiger partial charge is 0.129 e. The molecule has 0 amide bonds. The third-order valence-electron chi connectivity index (χ3n) is 2.76. The monoisotopic (exact) mass is 220 g/mol. The Balaban J connectivity index is 2.25. The number of ether oxygens (including phenoxy) is 1. The van der Waals surface area contributed by atoms with E-state index in [2.05, 4.69) is 5.32 Å². The standard InChI is InChI=1S/C12H13FN2O/c1-8-11(13)4-9(6-14)5-12(8)15-10-2-3-16-7-10/h4-5,10,15H,2-3,7H2,1H3. The van der Waals surface area contributed by atoms with Gasteiger partial charge >= 0.3 is 0 Å². The first kappa shape index (κ1) is 10.9. The van der Waals surface area contributed by atoms with Gasteiger partial charge in [0, 0.05) is 17.9 Å². The number of halogens is 1. The number of nitrogens with one attached hydrogen (secondary N) is 1. The Labute approximate surface area is 93.8 Å². The van der Waals surface area contributed by atoms with E-state index in [1.54, 1.807) is 13.0 Å². The fourth-order valence-electron chi connectivity index (χ4n) is 1.76. The molecule has 1 aromatic carbocycles. The van der Waals surface area contributed by atoms with Crippen molar-refractivity contribution in [1.29, 1.82) is 5.26 Å². The highest BCUT2D eigenvalue weighted by atomic mass is 19.1. The number of nitriles is 1. The molecule has 2 rings (SSSR count). The maximum absolute atomic E-state index is 13.5. The van der Waals surface area contributed by atoms with Crippen LogP contribution in [-0.4, -0.2) is 19.3 Å². The van der Waals surface area contributed by atoms with Gasteiger partial charge < -0.3 is 10.1 Å². The summed E-state index contributed by atoms with van der Waals surface area (Å²) >= 11 is 0. The summed E-state index contributed by atoms with van der Waals surface area (Å²) in [5.74, 6) is -0.347. The predicted octanol–water partition coefficient (Wildman–Crippen LogP) is 2.21. The average Bonchev–Trinajstić information content (AvgIpc) is 2.77. The zero-order valence-electron chi connectivity index (χ0n) is 9.09. The van der Waals surface area contributed by atoms with E-state index in [0.29, 0.717) is 23.4 Å². The van der Waals surface area contributed by atoms with E-state index in [1.807, 2.05) is 6.07 Å². The Morgan fingerprint density at radius 1 is 1.56 bits per heavy atom. The van der Waals surface area contributed by atoms with Crippen LogP contribution in [0.2, 0.25) is 0 Å². The molecule has 1 saturated heterocycles. The summed E-state index contributed by atoms with van der Waals surface area (Å²) in [4.78, 5) is 0. The number of rotatable bonds is 2. The summed E-state index contributed by atoms with van der Waals surface area (Å²) in [6.45, 7) is 3.07. The summed E-state index contributed by atoms with van der Waals surface area (Å²) in [7, 11) is 0.